The van der Waals surface area contributed by atoms with Gasteiger partial charge in [0.1, 0.15) is 46.3 Å². The number of hydrogen-bond donors (Lipinski definition) is 0. The molecule has 298 valence electrons. The van der Waals surface area contributed by atoms with Gasteiger partial charge in [-0.05, 0) is 66.9 Å². The fourth-order valence-electron chi connectivity index (χ4n) is 9.16. The molecular formula is C48H36B2N8O4. The lowest BCUT2D eigenvalue weighted by Gasteiger charge is -2.18. The average molecular weight is 810 g/mol. The van der Waals surface area contributed by atoms with Gasteiger partial charge in [-0.1, -0.05) is 86.6 Å². The van der Waals surface area contributed by atoms with Crippen molar-refractivity contribution >= 4 is 58.5 Å². The molecule has 0 N–H and O–H groups in total. The van der Waals surface area contributed by atoms with E-state index < -0.39 is 14.5 Å². The van der Waals surface area contributed by atoms with Gasteiger partial charge in [-0.2, -0.15) is 10.5 Å². The summed E-state index contributed by atoms with van der Waals surface area (Å²) >= 11 is 0. The van der Waals surface area contributed by atoms with Crippen LogP contribution in [-0.2, 0) is 14.1 Å². The Morgan fingerprint density at radius 3 is 1.44 bits per heavy atom. The van der Waals surface area contributed by atoms with Crippen molar-refractivity contribution in [3.8, 4) is 46.4 Å². The van der Waals surface area contributed by atoms with Gasteiger partial charge in [0.15, 0.2) is 11.6 Å². The lowest BCUT2D eigenvalue weighted by atomic mass is 9.99. The molecule has 0 radical (unpaired) electrons. The predicted octanol–water partition coefficient (Wildman–Crippen LogP) is 7.37. The summed E-state index contributed by atoms with van der Waals surface area (Å²) in [5.41, 5.74) is 6.95. The van der Waals surface area contributed by atoms with E-state index in [0.717, 1.165) is 38.9 Å². The summed E-state index contributed by atoms with van der Waals surface area (Å²) in [7, 11) is 1.71. The van der Waals surface area contributed by atoms with Gasteiger partial charge in [-0.3, -0.25) is 0 Å². The van der Waals surface area contributed by atoms with Crippen molar-refractivity contribution in [1.82, 2.24) is 28.1 Å². The van der Waals surface area contributed by atoms with Crippen LogP contribution in [0, 0.1) is 29.6 Å². The van der Waals surface area contributed by atoms with E-state index in [2.05, 4.69) is 26.0 Å². The summed E-state index contributed by atoms with van der Waals surface area (Å²) in [6.45, 7) is 6.22. The highest BCUT2D eigenvalue weighted by atomic mass is 16.6. The fraction of sp³-hybridized carbons (Fsp3) is 0.125. The molecule has 0 atom stereocenters. The van der Waals surface area contributed by atoms with Crippen LogP contribution in [0.3, 0.4) is 0 Å². The second kappa shape index (κ2) is 14.0. The van der Waals surface area contributed by atoms with Crippen molar-refractivity contribution in [2.75, 3.05) is 0 Å². The van der Waals surface area contributed by atoms with Gasteiger partial charge >= 0.3 is 14.5 Å². The second-order valence-electron chi connectivity index (χ2n) is 15.8. The van der Waals surface area contributed by atoms with Crippen LogP contribution in [0.5, 0.6) is 23.0 Å². The normalized spacial score (nSPS) is 14.0. The molecule has 2 aliphatic heterocycles. The summed E-state index contributed by atoms with van der Waals surface area (Å²) in [5.74, 6) is 2.92. The Kier molecular flexibility index (Phi) is 8.34. The van der Waals surface area contributed by atoms with E-state index in [4.69, 9.17) is 28.6 Å². The highest BCUT2D eigenvalue weighted by Gasteiger charge is 2.45. The molecule has 0 aliphatic carbocycles. The third kappa shape index (κ3) is 5.33. The molecule has 62 heavy (non-hydrogen) atoms. The molecule has 5 aromatic carbocycles. The van der Waals surface area contributed by atoms with Gasteiger partial charge in [-0.25, -0.2) is 9.97 Å². The van der Waals surface area contributed by atoms with E-state index in [-0.39, 0.29) is 17.1 Å². The number of aryl methyl sites for hydroxylation is 3. The van der Waals surface area contributed by atoms with Crippen LogP contribution in [0.25, 0.3) is 55.2 Å². The molecule has 0 fully saturated rings. The highest BCUT2D eigenvalue weighted by Crippen LogP contribution is 2.41. The van der Waals surface area contributed by atoms with Crippen LogP contribution >= 0.6 is 0 Å². The molecule has 0 bridgehead atoms. The first-order chi connectivity index (χ1) is 30.3. The monoisotopic (exact) mass is 810 g/mol. The molecule has 0 amide bonds. The zero-order valence-electron chi connectivity index (χ0n) is 34.5. The molecule has 0 saturated carbocycles. The third-order valence-electron chi connectivity index (χ3n) is 11.9. The van der Waals surface area contributed by atoms with E-state index in [1.807, 2.05) is 160 Å². The molecular weight excluding hydrogens is 774 g/mol. The maximum absolute atomic E-state index is 11.6. The standard InChI is InChI=1S/C48H36B2N8O4/c1-28(2)43-41-42(46(57(43)49-59-37-22-12-13-23-38(37)60-49)32(27-52)48-54-34-19-9-11-21-36(34)56(48)5)44(30-17-7-6-16-29(30)3)58(50-61-39-24-14-15-25-40(39)62-50)45(41)31(26-51)47-53-33-18-8-10-20-35(33)55(47)4/h6-25,28H,1-5H3/b45-31-,46-32-. The summed E-state index contributed by atoms with van der Waals surface area (Å²) in [5, 5.41) is 25.6. The lowest BCUT2D eigenvalue weighted by Crippen LogP contribution is -2.45. The minimum atomic E-state index is -1.08. The number of para-hydroxylation sites is 8. The van der Waals surface area contributed by atoms with Crippen LogP contribution in [0.15, 0.2) is 121 Å². The minimum Gasteiger partial charge on any atom is -0.503 e. The Morgan fingerprint density at radius 2 is 0.984 bits per heavy atom. The predicted molar refractivity (Wildman–Crippen MR) is 239 cm³/mol. The smallest absolute Gasteiger partial charge is 0.503 e. The molecule has 11 rings (SSSR count). The number of nitriles is 2. The molecule has 4 aromatic heterocycles. The summed E-state index contributed by atoms with van der Waals surface area (Å²) in [6.07, 6.45) is 0. The van der Waals surface area contributed by atoms with Crippen LogP contribution in [-0.4, -0.2) is 42.6 Å². The molecule has 0 saturated heterocycles. The fourth-order valence-corrected chi connectivity index (χ4v) is 9.16. The molecule has 9 aromatic rings. The van der Waals surface area contributed by atoms with E-state index in [1.165, 1.54) is 0 Å². The van der Waals surface area contributed by atoms with Crippen molar-refractivity contribution < 1.29 is 18.6 Å². The molecule has 6 heterocycles. The molecule has 2 aliphatic rings. The first-order valence-electron chi connectivity index (χ1n) is 20.4. The van der Waals surface area contributed by atoms with Crippen molar-refractivity contribution in [1.29, 1.82) is 10.5 Å². The largest absolute Gasteiger partial charge is 0.743 e. The molecule has 0 unspecified atom stereocenters. The zero-order chi connectivity index (χ0) is 42.4. The van der Waals surface area contributed by atoms with Gasteiger partial charge < -0.3 is 36.7 Å². The zero-order valence-corrected chi connectivity index (χ0v) is 34.5. The van der Waals surface area contributed by atoms with E-state index >= 15 is 0 Å². The van der Waals surface area contributed by atoms with Crippen molar-refractivity contribution in [2.24, 2.45) is 14.1 Å². The molecule has 0 spiro atoms. The van der Waals surface area contributed by atoms with E-state index in [1.54, 1.807) is 0 Å². The Bertz CT molecular complexity index is 3410. The topological polar surface area (TPSA) is 130 Å². The lowest BCUT2D eigenvalue weighted by molar-refractivity contribution is 0.473. The number of rotatable bonds is 6. The van der Waals surface area contributed by atoms with Gasteiger partial charge in [-0.15, -0.1) is 0 Å². The number of aromatic nitrogens is 6. The van der Waals surface area contributed by atoms with Gasteiger partial charge in [0.25, 0.3) is 0 Å². The van der Waals surface area contributed by atoms with E-state index in [0.29, 0.717) is 61.8 Å². The van der Waals surface area contributed by atoms with Gasteiger partial charge in [0.05, 0.1) is 38.5 Å². The van der Waals surface area contributed by atoms with Crippen LogP contribution in [0.1, 0.15) is 42.7 Å². The summed E-state index contributed by atoms with van der Waals surface area (Å²) in [6, 6.07) is 44.0. The van der Waals surface area contributed by atoms with Crippen LogP contribution < -0.4 is 29.3 Å². The first-order valence-corrected chi connectivity index (χ1v) is 20.4. The first kappa shape index (κ1) is 36.9. The third-order valence-corrected chi connectivity index (χ3v) is 11.9. The quantitative estimate of drug-likeness (QED) is 0.159. The Hall–Kier alpha value is -8.09. The van der Waals surface area contributed by atoms with Gasteiger partial charge in [0.2, 0.25) is 0 Å². The van der Waals surface area contributed by atoms with Crippen molar-refractivity contribution in [2.45, 2.75) is 26.7 Å². The Morgan fingerprint density at radius 1 is 0.565 bits per heavy atom. The second-order valence-corrected chi connectivity index (χ2v) is 15.8. The Labute approximate surface area is 356 Å². The molecule has 14 heteroatoms. The number of nitrogens with zero attached hydrogens (tertiary/aromatic N) is 8. The summed E-state index contributed by atoms with van der Waals surface area (Å²) < 4.78 is 34.7. The average Bonchev–Trinajstić information content (AvgIpc) is 4.14. The minimum absolute atomic E-state index is 0.232. The van der Waals surface area contributed by atoms with Crippen molar-refractivity contribution in [3.63, 3.8) is 0 Å². The summed E-state index contributed by atoms with van der Waals surface area (Å²) in [4.78, 5) is 10.2. The van der Waals surface area contributed by atoms with Crippen LogP contribution in [0.4, 0.5) is 0 Å². The van der Waals surface area contributed by atoms with E-state index in [9.17, 15) is 10.5 Å². The SMILES string of the molecule is Cc1ccccc1-c1c2/c(=C(\C#N)c3nc4ccccc4n3C)n(B3Oc4ccccc4O3)c(C(C)C)c2/c(=C(\C#N)c2nc3ccccc3n2C)n1B1Oc2ccccc2O1. The maximum atomic E-state index is 11.6. The Balaban J connectivity index is 1.42. The molecule has 12 nitrogen and oxygen atoms in total. The number of fused-ring (bicyclic) bond motifs is 5. The number of imidazole rings is 2. The number of hydrogen-bond acceptors (Lipinski definition) is 8. The van der Waals surface area contributed by atoms with Crippen LogP contribution in [0.2, 0.25) is 0 Å². The van der Waals surface area contributed by atoms with Crippen molar-refractivity contribution in [3.05, 3.63) is 155 Å². The van der Waals surface area contributed by atoms with Gasteiger partial charge in [0, 0.05) is 36.1 Å². The number of benzene rings is 5. The highest BCUT2D eigenvalue weighted by molar-refractivity contribution is 6.49. The maximum Gasteiger partial charge on any atom is 0.743 e.